The Labute approximate surface area is 98.2 Å². The second kappa shape index (κ2) is 5.47. The van der Waals surface area contributed by atoms with Crippen LogP contribution in [-0.2, 0) is 23.9 Å². The van der Waals surface area contributed by atoms with Crippen molar-refractivity contribution in [1.29, 1.82) is 0 Å². The number of hydrogen-bond acceptors (Lipinski definition) is 5. The van der Waals surface area contributed by atoms with Crippen LogP contribution in [0.3, 0.4) is 0 Å². The van der Waals surface area contributed by atoms with Crippen molar-refractivity contribution in [2.75, 3.05) is 14.2 Å². The Bertz CT molecular complexity index is 359. The number of hydrogen-bond donors (Lipinski definition) is 1. The van der Waals surface area contributed by atoms with Crippen LogP contribution in [0, 0.1) is 17.8 Å². The molecule has 0 fully saturated rings. The molecule has 0 radical (unpaired) electrons. The molecule has 0 aromatic carbocycles. The van der Waals surface area contributed by atoms with Crippen molar-refractivity contribution in [2.45, 2.75) is 6.42 Å². The molecule has 94 valence electrons. The zero-order valence-electron chi connectivity index (χ0n) is 9.58. The van der Waals surface area contributed by atoms with Gasteiger partial charge in [-0.2, -0.15) is 0 Å². The molecule has 0 saturated heterocycles. The zero-order chi connectivity index (χ0) is 13.0. The molecule has 0 bridgehead atoms. The molecule has 0 unspecified atom stereocenters. The number of esters is 2. The van der Waals surface area contributed by atoms with Crippen molar-refractivity contribution < 1.29 is 29.0 Å². The Kier molecular flexibility index (Phi) is 4.25. The molecule has 0 saturated carbocycles. The number of aliphatic carboxylic acids is 1. The quantitative estimate of drug-likeness (QED) is 0.562. The summed E-state index contributed by atoms with van der Waals surface area (Å²) in [5.74, 6) is -5.44. The molecule has 6 nitrogen and oxygen atoms in total. The number of carboxylic acids is 1. The van der Waals surface area contributed by atoms with Crippen molar-refractivity contribution >= 4 is 17.9 Å². The highest BCUT2D eigenvalue weighted by Crippen LogP contribution is 2.32. The van der Waals surface area contributed by atoms with Gasteiger partial charge in [0, 0.05) is 0 Å². The molecule has 17 heavy (non-hydrogen) atoms. The molecule has 0 aliphatic heterocycles. The Morgan fingerprint density at radius 3 is 2.24 bits per heavy atom. The lowest BCUT2D eigenvalue weighted by molar-refractivity contribution is -0.163. The molecule has 0 aromatic rings. The van der Waals surface area contributed by atoms with E-state index in [0.717, 1.165) is 0 Å². The van der Waals surface area contributed by atoms with Gasteiger partial charge in [0.05, 0.1) is 32.0 Å². The summed E-state index contributed by atoms with van der Waals surface area (Å²) in [4.78, 5) is 34.1. The standard InChI is InChI=1S/C11H14O6/c1-16-10(14)6-4-3-5-7(11(15)17-2)8(6)9(12)13/h3-4,6-8H,5H2,1-2H3,(H,12,13)/t6-,7+,8-/m0/s1. The van der Waals surface area contributed by atoms with Gasteiger partial charge in [-0.3, -0.25) is 14.4 Å². The molecule has 3 atom stereocenters. The third kappa shape index (κ3) is 2.64. The molecule has 0 aromatic heterocycles. The maximum atomic E-state index is 11.5. The van der Waals surface area contributed by atoms with Crippen molar-refractivity contribution in [3.63, 3.8) is 0 Å². The van der Waals surface area contributed by atoms with E-state index in [-0.39, 0.29) is 6.42 Å². The van der Waals surface area contributed by atoms with Crippen LogP contribution in [0.15, 0.2) is 12.2 Å². The second-order valence-electron chi connectivity index (χ2n) is 3.71. The molecule has 1 aliphatic rings. The van der Waals surface area contributed by atoms with Crippen LogP contribution in [0.2, 0.25) is 0 Å². The van der Waals surface area contributed by atoms with Crippen molar-refractivity contribution in [2.24, 2.45) is 17.8 Å². The Hall–Kier alpha value is -1.85. The Morgan fingerprint density at radius 1 is 1.18 bits per heavy atom. The van der Waals surface area contributed by atoms with Gasteiger partial charge >= 0.3 is 17.9 Å². The van der Waals surface area contributed by atoms with Crippen molar-refractivity contribution in [3.8, 4) is 0 Å². The number of ether oxygens (including phenoxy) is 2. The first-order valence-electron chi connectivity index (χ1n) is 5.08. The minimum atomic E-state index is -1.21. The third-order valence-corrected chi connectivity index (χ3v) is 2.82. The number of rotatable bonds is 3. The van der Waals surface area contributed by atoms with E-state index in [1.54, 1.807) is 6.08 Å². The summed E-state index contributed by atoms with van der Waals surface area (Å²) in [7, 11) is 2.36. The monoisotopic (exact) mass is 242 g/mol. The minimum absolute atomic E-state index is 0.247. The summed E-state index contributed by atoms with van der Waals surface area (Å²) in [6.45, 7) is 0. The first-order valence-corrected chi connectivity index (χ1v) is 5.08. The van der Waals surface area contributed by atoms with E-state index in [9.17, 15) is 14.4 Å². The maximum Gasteiger partial charge on any atom is 0.313 e. The predicted octanol–water partition coefficient (Wildman–Crippen LogP) is 0.225. The third-order valence-electron chi connectivity index (χ3n) is 2.82. The van der Waals surface area contributed by atoms with Gasteiger partial charge in [-0.1, -0.05) is 12.2 Å². The molecular weight excluding hydrogens is 228 g/mol. The van der Waals surface area contributed by atoms with Crippen LogP contribution in [0.1, 0.15) is 6.42 Å². The van der Waals surface area contributed by atoms with E-state index in [1.165, 1.54) is 20.3 Å². The summed E-state index contributed by atoms with van der Waals surface area (Å²) < 4.78 is 9.07. The van der Waals surface area contributed by atoms with E-state index >= 15 is 0 Å². The van der Waals surface area contributed by atoms with Gasteiger partial charge < -0.3 is 14.6 Å². The summed E-state index contributed by atoms with van der Waals surface area (Å²) >= 11 is 0. The highest BCUT2D eigenvalue weighted by Gasteiger charge is 2.44. The zero-order valence-corrected chi connectivity index (χ0v) is 9.58. The van der Waals surface area contributed by atoms with Crippen LogP contribution in [0.25, 0.3) is 0 Å². The highest BCUT2D eigenvalue weighted by molar-refractivity contribution is 5.88. The van der Waals surface area contributed by atoms with E-state index < -0.39 is 35.7 Å². The largest absolute Gasteiger partial charge is 0.481 e. The smallest absolute Gasteiger partial charge is 0.313 e. The lowest BCUT2D eigenvalue weighted by Crippen LogP contribution is -2.40. The van der Waals surface area contributed by atoms with Crippen LogP contribution in [-0.4, -0.2) is 37.2 Å². The highest BCUT2D eigenvalue weighted by atomic mass is 16.5. The molecule has 0 heterocycles. The molecule has 6 heteroatoms. The number of carbonyl (C=O) groups is 3. The lowest BCUT2D eigenvalue weighted by Gasteiger charge is -2.28. The summed E-state index contributed by atoms with van der Waals surface area (Å²) in [6.07, 6.45) is 3.31. The van der Waals surface area contributed by atoms with Crippen molar-refractivity contribution in [3.05, 3.63) is 12.2 Å². The van der Waals surface area contributed by atoms with Gasteiger partial charge in [0.1, 0.15) is 0 Å². The molecular formula is C11H14O6. The van der Waals surface area contributed by atoms with Gasteiger partial charge in [0.25, 0.3) is 0 Å². The second-order valence-corrected chi connectivity index (χ2v) is 3.71. The fourth-order valence-corrected chi connectivity index (χ4v) is 1.97. The van der Waals surface area contributed by atoms with E-state index in [0.29, 0.717) is 0 Å². The van der Waals surface area contributed by atoms with Gasteiger partial charge in [0.15, 0.2) is 0 Å². The molecule has 0 amide bonds. The SMILES string of the molecule is COC(=O)[C@H]1C=CC[C@@H](C(=O)OC)[C@H]1C(=O)O. The van der Waals surface area contributed by atoms with Crippen LogP contribution in [0.5, 0.6) is 0 Å². The molecule has 0 spiro atoms. The molecule has 1 N–H and O–H groups in total. The summed E-state index contributed by atoms with van der Waals surface area (Å²) in [5.41, 5.74) is 0. The minimum Gasteiger partial charge on any atom is -0.481 e. The fraction of sp³-hybridized carbons (Fsp3) is 0.545. The normalized spacial score (nSPS) is 27.3. The average molecular weight is 242 g/mol. The van der Waals surface area contributed by atoms with Gasteiger partial charge in [0.2, 0.25) is 0 Å². The average Bonchev–Trinajstić information content (AvgIpc) is 2.35. The molecule has 1 rings (SSSR count). The van der Waals surface area contributed by atoms with Crippen LogP contribution in [0.4, 0.5) is 0 Å². The fourth-order valence-electron chi connectivity index (χ4n) is 1.97. The predicted molar refractivity (Wildman–Crippen MR) is 55.9 cm³/mol. The Morgan fingerprint density at radius 2 is 1.76 bits per heavy atom. The van der Waals surface area contributed by atoms with Gasteiger partial charge in [-0.05, 0) is 6.42 Å². The van der Waals surface area contributed by atoms with E-state index in [1.807, 2.05) is 0 Å². The maximum absolute atomic E-state index is 11.5. The van der Waals surface area contributed by atoms with Crippen molar-refractivity contribution in [1.82, 2.24) is 0 Å². The van der Waals surface area contributed by atoms with Crippen LogP contribution >= 0.6 is 0 Å². The van der Waals surface area contributed by atoms with Crippen LogP contribution < -0.4 is 0 Å². The molecule has 1 aliphatic carbocycles. The first kappa shape index (κ1) is 13.2. The number of carbonyl (C=O) groups excluding carboxylic acids is 2. The lowest BCUT2D eigenvalue weighted by atomic mass is 9.75. The van der Waals surface area contributed by atoms with E-state index in [2.05, 4.69) is 9.47 Å². The number of methoxy groups -OCH3 is 2. The summed E-state index contributed by atoms with van der Waals surface area (Å²) in [5, 5.41) is 9.12. The first-order chi connectivity index (χ1) is 8.02. The summed E-state index contributed by atoms with van der Waals surface area (Å²) in [6, 6.07) is 0. The topological polar surface area (TPSA) is 89.9 Å². The number of carboxylic acid groups (broad SMARTS) is 1. The van der Waals surface area contributed by atoms with E-state index in [4.69, 9.17) is 5.11 Å². The number of allylic oxidation sites excluding steroid dienone is 1. The van der Waals surface area contributed by atoms with Gasteiger partial charge in [-0.15, -0.1) is 0 Å². The van der Waals surface area contributed by atoms with Gasteiger partial charge in [-0.25, -0.2) is 0 Å². The Balaban J connectivity index is 3.03.